The number of nitrogens with zero attached hydrogens (tertiary/aromatic N) is 2. The van der Waals surface area contributed by atoms with Gasteiger partial charge in [-0.1, -0.05) is 42.4 Å². The monoisotopic (exact) mass is 273 g/mol. The molecule has 1 atom stereocenters. The molecular weight excluding hydrogens is 250 g/mol. The fraction of sp³-hybridized carbons (Fsp3) is 0.500. The molecule has 0 radical (unpaired) electrons. The predicted molar refractivity (Wildman–Crippen MR) is 79.5 cm³/mol. The Bertz CT molecular complexity index is 534. The van der Waals surface area contributed by atoms with E-state index in [1.807, 2.05) is 18.2 Å². The van der Waals surface area contributed by atoms with E-state index in [9.17, 15) is 0 Å². The van der Waals surface area contributed by atoms with Crippen molar-refractivity contribution in [2.24, 2.45) is 0 Å². The molecule has 4 nitrogen and oxygen atoms in total. The van der Waals surface area contributed by atoms with Gasteiger partial charge in [-0.25, -0.2) is 0 Å². The minimum absolute atomic E-state index is 0.251. The largest absolute Gasteiger partial charge is 0.338 e. The summed E-state index contributed by atoms with van der Waals surface area (Å²) in [5, 5.41) is 7.50. The third kappa shape index (κ3) is 3.25. The van der Waals surface area contributed by atoms with E-state index in [0.717, 1.165) is 12.2 Å². The molecule has 0 amide bonds. The van der Waals surface area contributed by atoms with Gasteiger partial charge in [0, 0.05) is 6.04 Å². The molecule has 1 N–H and O–H groups in total. The lowest BCUT2D eigenvalue weighted by Crippen LogP contribution is -2.25. The molecule has 1 aromatic carbocycles. The minimum Gasteiger partial charge on any atom is -0.338 e. The molecule has 0 fully saturated rings. The highest BCUT2D eigenvalue weighted by molar-refractivity contribution is 5.30. The number of rotatable bonds is 6. The smallest absolute Gasteiger partial charge is 0.240 e. The van der Waals surface area contributed by atoms with Crippen LogP contribution in [0, 0.1) is 0 Å². The fourth-order valence-corrected chi connectivity index (χ4v) is 1.97. The van der Waals surface area contributed by atoms with Crippen LogP contribution >= 0.6 is 0 Å². The van der Waals surface area contributed by atoms with Crippen molar-refractivity contribution in [2.45, 2.75) is 52.1 Å². The van der Waals surface area contributed by atoms with Gasteiger partial charge < -0.3 is 9.84 Å². The molecule has 0 spiro atoms. The standard InChI is InChI=1S/C16H23N3O/c1-5-12(2)17-11-14-18-15(19-20-14)16(3,4)13-9-7-6-8-10-13/h6-10,12,17H,5,11H2,1-4H3. The van der Waals surface area contributed by atoms with Crippen molar-refractivity contribution in [3.8, 4) is 0 Å². The molecule has 0 bridgehead atoms. The SMILES string of the molecule is CCC(C)NCc1nc(C(C)(C)c2ccccc2)no1. The van der Waals surface area contributed by atoms with Crippen molar-refractivity contribution in [2.75, 3.05) is 0 Å². The highest BCUT2D eigenvalue weighted by atomic mass is 16.5. The molecule has 0 saturated carbocycles. The number of benzene rings is 1. The Labute approximate surface area is 120 Å². The topological polar surface area (TPSA) is 51.0 Å². The maximum atomic E-state index is 5.34. The zero-order valence-electron chi connectivity index (χ0n) is 12.7. The summed E-state index contributed by atoms with van der Waals surface area (Å²) in [5.41, 5.74) is 0.932. The summed E-state index contributed by atoms with van der Waals surface area (Å²) in [7, 11) is 0. The molecule has 108 valence electrons. The molecule has 0 aliphatic rings. The van der Waals surface area contributed by atoms with Crippen LogP contribution in [0.5, 0.6) is 0 Å². The van der Waals surface area contributed by atoms with Gasteiger partial charge in [0.1, 0.15) is 0 Å². The second kappa shape index (κ2) is 6.18. The highest BCUT2D eigenvalue weighted by Crippen LogP contribution is 2.28. The summed E-state index contributed by atoms with van der Waals surface area (Å²) in [4.78, 5) is 4.52. The Morgan fingerprint density at radius 3 is 2.60 bits per heavy atom. The number of hydrogen-bond acceptors (Lipinski definition) is 4. The third-order valence-corrected chi connectivity index (χ3v) is 3.74. The molecular formula is C16H23N3O. The van der Waals surface area contributed by atoms with Crippen molar-refractivity contribution in [1.82, 2.24) is 15.5 Å². The lowest BCUT2D eigenvalue weighted by atomic mass is 9.84. The summed E-state index contributed by atoms with van der Waals surface area (Å²) < 4.78 is 5.34. The Balaban J connectivity index is 2.12. The van der Waals surface area contributed by atoms with E-state index < -0.39 is 0 Å². The summed E-state index contributed by atoms with van der Waals surface area (Å²) in [6, 6.07) is 10.7. The van der Waals surface area contributed by atoms with E-state index >= 15 is 0 Å². The van der Waals surface area contributed by atoms with Crippen molar-refractivity contribution < 1.29 is 4.52 Å². The van der Waals surface area contributed by atoms with Crippen LogP contribution in [0.4, 0.5) is 0 Å². The highest BCUT2D eigenvalue weighted by Gasteiger charge is 2.28. The minimum atomic E-state index is -0.251. The fourth-order valence-electron chi connectivity index (χ4n) is 1.97. The van der Waals surface area contributed by atoms with Gasteiger partial charge in [-0.15, -0.1) is 0 Å². The normalized spacial score (nSPS) is 13.4. The molecule has 0 aliphatic carbocycles. The molecule has 1 heterocycles. The summed E-state index contributed by atoms with van der Waals surface area (Å²) in [5.74, 6) is 1.37. The van der Waals surface area contributed by atoms with Gasteiger partial charge in [-0.2, -0.15) is 4.98 Å². The number of nitrogens with one attached hydrogen (secondary N) is 1. The van der Waals surface area contributed by atoms with Gasteiger partial charge in [-0.05, 0) is 32.8 Å². The summed E-state index contributed by atoms with van der Waals surface area (Å²) >= 11 is 0. The van der Waals surface area contributed by atoms with E-state index in [1.54, 1.807) is 0 Å². The van der Waals surface area contributed by atoms with Crippen molar-refractivity contribution >= 4 is 0 Å². The summed E-state index contributed by atoms with van der Waals surface area (Å²) in [6.07, 6.45) is 1.08. The van der Waals surface area contributed by atoms with Gasteiger partial charge in [-0.3, -0.25) is 0 Å². The van der Waals surface area contributed by atoms with Gasteiger partial charge in [0.15, 0.2) is 5.82 Å². The molecule has 1 aromatic heterocycles. The van der Waals surface area contributed by atoms with Crippen LogP contribution in [0.25, 0.3) is 0 Å². The first-order valence-corrected chi connectivity index (χ1v) is 7.16. The third-order valence-electron chi connectivity index (χ3n) is 3.74. The number of aromatic nitrogens is 2. The zero-order chi connectivity index (χ0) is 14.6. The maximum Gasteiger partial charge on any atom is 0.240 e. The molecule has 0 aliphatic heterocycles. The lowest BCUT2D eigenvalue weighted by molar-refractivity contribution is 0.349. The predicted octanol–water partition coefficient (Wildman–Crippen LogP) is 3.28. The first kappa shape index (κ1) is 14.7. The van der Waals surface area contributed by atoms with Crippen LogP contribution in [-0.4, -0.2) is 16.2 Å². The van der Waals surface area contributed by atoms with Gasteiger partial charge in [0.25, 0.3) is 0 Å². The molecule has 0 saturated heterocycles. The molecule has 1 unspecified atom stereocenters. The Hall–Kier alpha value is -1.68. The van der Waals surface area contributed by atoms with E-state index in [4.69, 9.17) is 4.52 Å². The van der Waals surface area contributed by atoms with E-state index in [1.165, 1.54) is 5.56 Å². The van der Waals surface area contributed by atoms with Crippen LogP contribution in [0.15, 0.2) is 34.9 Å². The molecule has 2 aromatic rings. The van der Waals surface area contributed by atoms with E-state index in [0.29, 0.717) is 18.5 Å². The Morgan fingerprint density at radius 2 is 1.95 bits per heavy atom. The number of hydrogen-bond donors (Lipinski definition) is 1. The van der Waals surface area contributed by atoms with Crippen LogP contribution < -0.4 is 5.32 Å². The van der Waals surface area contributed by atoms with E-state index in [-0.39, 0.29) is 5.41 Å². The van der Waals surface area contributed by atoms with Crippen LogP contribution in [-0.2, 0) is 12.0 Å². The molecule has 4 heteroatoms. The van der Waals surface area contributed by atoms with Crippen molar-refractivity contribution in [3.63, 3.8) is 0 Å². The maximum absolute atomic E-state index is 5.34. The quantitative estimate of drug-likeness (QED) is 0.877. The Kier molecular flexibility index (Phi) is 4.55. The van der Waals surface area contributed by atoms with Crippen LogP contribution in [0.3, 0.4) is 0 Å². The average Bonchev–Trinajstić information content (AvgIpc) is 2.95. The van der Waals surface area contributed by atoms with Gasteiger partial charge in [0.2, 0.25) is 5.89 Å². The van der Waals surface area contributed by atoms with Crippen molar-refractivity contribution in [1.29, 1.82) is 0 Å². The Morgan fingerprint density at radius 1 is 1.25 bits per heavy atom. The molecule has 2 rings (SSSR count). The van der Waals surface area contributed by atoms with Crippen LogP contribution in [0.1, 0.15) is 51.4 Å². The second-order valence-electron chi connectivity index (χ2n) is 5.69. The van der Waals surface area contributed by atoms with Gasteiger partial charge >= 0.3 is 0 Å². The first-order valence-electron chi connectivity index (χ1n) is 7.16. The van der Waals surface area contributed by atoms with Crippen molar-refractivity contribution in [3.05, 3.63) is 47.6 Å². The first-order chi connectivity index (χ1) is 9.54. The molecule has 20 heavy (non-hydrogen) atoms. The average molecular weight is 273 g/mol. The second-order valence-corrected chi connectivity index (χ2v) is 5.69. The van der Waals surface area contributed by atoms with E-state index in [2.05, 4.69) is 55.3 Å². The van der Waals surface area contributed by atoms with Gasteiger partial charge in [0.05, 0.1) is 12.0 Å². The van der Waals surface area contributed by atoms with Crippen LogP contribution in [0.2, 0.25) is 0 Å². The lowest BCUT2D eigenvalue weighted by Gasteiger charge is -2.20. The zero-order valence-corrected chi connectivity index (χ0v) is 12.7. The summed E-state index contributed by atoms with van der Waals surface area (Å²) in [6.45, 7) is 9.13.